The van der Waals surface area contributed by atoms with Crippen LogP contribution in [0.5, 0.6) is 5.75 Å². The van der Waals surface area contributed by atoms with Crippen molar-refractivity contribution in [3.8, 4) is 5.75 Å². The van der Waals surface area contributed by atoms with Crippen molar-refractivity contribution in [3.05, 3.63) is 52.0 Å². The fourth-order valence-corrected chi connectivity index (χ4v) is 3.76. The number of urea groups is 1. The van der Waals surface area contributed by atoms with Gasteiger partial charge >= 0.3 is 17.8 Å². The lowest BCUT2D eigenvalue weighted by Crippen LogP contribution is -3.09. The van der Waals surface area contributed by atoms with Crippen molar-refractivity contribution < 1.29 is 28.4 Å². The molecule has 1 N–H and O–H groups in total. The van der Waals surface area contributed by atoms with Crippen molar-refractivity contribution in [2.45, 2.75) is 13.0 Å². The molecule has 1 aromatic carbocycles. The third-order valence-corrected chi connectivity index (χ3v) is 5.38. The lowest BCUT2D eigenvalue weighted by molar-refractivity contribution is -0.901. The predicted octanol–water partition coefficient (Wildman–Crippen LogP) is 0.901. The van der Waals surface area contributed by atoms with Gasteiger partial charge in [-0.05, 0) is 29.6 Å². The van der Waals surface area contributed by atoms with Crippen molar-refractivity contribution in [2.24, 2.45) is 0 Å². The van der Waals surface area contributed by atoms with Crippen LogP contribution in [0, 0.1) is 5.82 Å². The minimum atomic E-state index is -0.823. The largest absolute Gasteiger partial charge is 0.494 e. The number of methoxy groups -OCH3 is 1. The van der Waals surface area contributed by atoms with E-state index < -0.39 is 23.7 Å². The van der Waals surface area contributed by atoms with E-state index in [1.807, 2.05) is 17.5 Å². The Hall–Kier alpha value is -2.78. The maximum atomic E-state index is 13.8. The molecule has 1 atom stereocenters. The van der Waals surface area contributed by atoms with Crippen LogP contribution < -0.4 is 9.64 Å². The van der Waals surface area contributed by atoms with Gasteiger partial charge in [0.05, 0.1) is 14.2 Å². The van der Waals surface area contributed by atoms with Crippen LogP contribution in [-0.2, 0) is 22.6 Å². The number of quaternary nitrogens is 1. The minimum Gasteiger partial charge on any atom is -0.494 e. The van der Waals surface area contributed by atoms with E-state index in [1.165, 1.54) is 30.6 Å². The third-order valence-electron chi connectivity index (χ3n) is 4.45. The van der Waals surface area contributed by atoms with Gasteiger partial charge in [0.25, 0.3) is 0 Å². The van der Waals surface area contributed by atoms with Crippen molar-refractivity contribution in [1.82, 2.24) is 9.80 Å². The van der Waals surface area contributed by atoms with Crippen molar-refractivity contribution in [1.29, 1.82) is 0 Å². The topological polar surface area (TPSA) is 71.4 Å². The second-order valence-corrected chi connectivity index (χ2v) is 7.60. The normalized spacial score (nSPS) is 15.5. The zero-order valence-corrected chi connectivity index (χ0v) is 16.4. The molecular weight excluding hydrogens is 385 g/mol. The Morgan fingerprint density at radius 2 is 1.89 bits per heavy atom. The lowest BCUT2D eigenvalue weighted by atomic mass is 10.2. The van der Waals surface area contributed by atoms with Gasteiger partial charge in [0.1, 0.15) is 6.54 Å². The number of hydrogen-bond acceptors (Lipinski definition) is 5. The highest BCUT2D eigenvalue weighted by atomic mass is 32.1. The lowest BCUT2D eigenvalue weighted by Gasteiger charge is -2.20. The number of ether oxygens (including phenoxy) is 1. The molecule has 0 spiro atoms. The average Bonchev–Trinajstić information content (AvgIpc) is 3.24. The quantitative estimate of drug-likeness (QED) is 0.522. The molecule has 1 saturated heterocycles. The number of carbonyl (C=O) groups is 3. The van der Waals surface area contributed by atoms with Gasteiger partial charge in [-0.15, -0.1) is 11.3 Å². The van der Waals surface area contributed by atoms with E-state index in [0.29, 0.717) is 18.5 Å². The first kappa shape index (κ1) is 20.0. The molecule has 1 aromatic heterocycles. The molecule has 2 aromatic rings. The molecule has 2 heterocycles. The molecule has 1 unspecified atom stereocenters. The summed E-state index contributed by atoms with van der Waals surface area (Å²) in [4.78, 5) is 40.7. The van der Waals surface area contributed by atoms with Crippen LogP contribution in [0.4, 0.5) is 9.18 Å². The number of benzene rings is 1. The first-order chi connectivity index (χ1) is 13.4. The molecule has 9 heteroatoms. The van der Waals surface area contributed by atoms with Gasteiger partial charge in [-0.1, -0.05) is 6.07 Å². The number of rotatable bonds is 8. The molecule has 28 heavy (non-hydrogen) atoms. The summed E-state index contributed by atoms with van der Waals surface area (Å²) in [6.07, 6.45) is 0.518. The van der Waals surface area contributed by atoms with E-state index in [4.69, 9.17) is 4.74 Å². The van der Waals surface area contributed by atoms with Gasteiger partial charge < -0.3 is 9.64 Å². The maximum Gasteiger partial charge on any atom is 0.338 e. The smallest absolute Gasteiger partial charge is 0.338 e. The summed E-state index contributed by atoms with van der Waals surface area (Å²) in [5.41, 5.74) is 0.691. The molecule has 1 aliphatic rings. The summed E-state index contributed by atoms with van der Waals surface area (Å²) in [5.74, 6) is -1.95. The van der Waals surface area contributed by atoms with Crippen LogP contribution in [0.3, 0.4) is 0 Å². The summed E-state index contributed by atoms with van der Waals surface area (Å²) < 4.78 is 18.7. The molecule has 4 amide bonds. The monoisotopic (exact) mass is 406 g/mol. The fraction of sp³-hybridized carbons (Fsp3) is 0.316. The summed E-state index contributed by atoms with van der Waals surface area (Å²) in [6.45, 7) is 0.567. The Labute approximate surface area is 165 Å². The van der Waals surface area contributed by atoms with Crippen LogP contribution in [0.2, 0.25) is 0 Å². The number of carbonyl (C=O) groups excluding carboxylic acids is 3. The molecule has 3 rings (SSSR count). The van der Waals surface area contributed by atoms with E-state index >= 15 is 0 Å². The molecule has 0 aliphatic carbocycles. The second kappa shape index (κ2) is 8.49. The molecule has 7 nitrogen and oxygen atoms in total. The van der Waals surface area contributed by atoms with Gasteiger partial charge in [0, 0.05) is 23.4 Å². The first-order valence-corrected chi connectivity index (χ1v) is 9.62. The summed E-state index contributed by atoms with van der Waals surface area (Å²) in [5, 5.41) is 1.92. The molecule has 0 saturated carbocycles. The van der Waals surface area contributed by atoms with Gasteiger partial charge in [-0.2, -0.15) is 0 Å². The number of nitrogens with zero attached hydrogens (tertiary/aromatic N) is 2. The van der Waals surface area contributed by atoms with Crippen molar-refractivity contribution in [3.63, 3.8) is 0 Å². The number of imide groups is 2. The highest BCUT2D eigenvalue weighted by molar-refractivity contribution is 7.09. The van der Waals surface area contributed by atoms with Crippen LogP contribution in [0.25, 0.3) is 0 Å². The second-order valence-electron chi connectivity index (χ2n) is 6.56. The number of nitrogens with one attached hydrogen (secondary N) is 1. The molecule has 1 aliphatic heterocycles. The van der Waals surface area contributed by atoms with Gasteiger partial charge in [-0.25, -0.2) is 14.1 Å². The molecule has 0 radical (unpaired) electrons. The third kappa shape index (κ3) is 4.20. The molecule has 1 fully saturated rings. The zero-order valence-electron chi connectivity index (χ0n) is 15.6. The Morgan fingerprint density at radius 3 is 2.54 bits per heavy atom. The van der Waals surface area contributed by atoms with Gasteiger partial charge in [0.2, 0.25) is 0 Å². The maximum absolute atomic E-state index is 13.8. The Kier molecular flexibility index (Phi) is 6.05. The molecular formula is C19H21FN3O4S+. The predicted molar refractivity (Wildman–Crippen MR) is 100 cm³/mol. The van der Waals surface area contributed by atoms with E-state index in [-0.39, 0.29) is 19.0 Å². The molecule has 0 bridgehead atoms. The summed E-state index contributed by atoms with van der Waals surface area (Å²) in [7, 11) is 3.16. The Bertz CT molecular complexity index is 887. The Balaban J connectivity index is 1.61. The highest BCUT2D eigenvalue weighted by Gasteiger charge is 2.45. The van der Waals surface area contributed by atoms with Crippen LogP contribution in [-0.4, -0.2) is 55.0 Å². The van der Waals surface area contributed by atoms with Crippen LogP contribution >= 0.6 is 11.3 Å². The first-order valence-electron chi connectivity index (χ1n) is 8.74. The minimum absolute atomic E-state index is 0.0204. The summed E-state index contributed by atoms with van der Waals surface area (Å²) in [6, 6.07) is 7.81. The van der Waals surface area contributed by atoms with Crippen LogP contribution in [0.1, 0.15) is 10.4 Å². The number of hydrogen-bond donors (Lipinski definition) is 1. The SMILES string of the molecule is COc1ccc(C[NH+](C)CN2C(=O)C(=O)N(CCc3cccs3)C2=O)cc1F. The van der Waals surface area contributed by atoms with E-state index in [1.54, 1.807) is 13.1 Å². The van der Waals surface area contributed by atoms with E-state index in [0.717, 1.165) is 19.6 Å². The number of amides is 4. The highest BCUT2D eigenvalue weighted by Crippen LogP contribution is 2.17. The van der Waals surface area contributed by atoms with Crippen LogP contribution in [0.15, 0.2) is 35.7 Å². The number of halogens is 1. The van der Waals surface area contributed by atoms with Gasteiger partial charge in [0.15, 0.2) is 18.2 Å². The Morgan fingerprint density at radius 1 is 1.14 bits per heavy atom. The fourth-order valence-electron chi connectivity index (χ4n) is 3.06. The van der Waals surface area contributed by atoms with E-state index in [2.05, 4.69) is 0 Å². The number of thiophene rings is 1. The van der Waals surface area contributed by atoms with Crippen molar-refractivity contribution in [2.75, 3.05) is 27.4 Å². The molecule has 148 valence electrons. The van der Waals surface area contributed by atoms with Crippen molar-refractivity contribution >= 4 is 29.2 Å². The zero-order chi connectivity index (χ0) is 20.3. The standard InChI is InChI=1S/C19H20FN3O4S/c1-21(11-13-5-6-16(27-2)15(20)10-13)12-23-18(25)17(24)22(19(23)26)8-7-14-4-3-9-28-14/h3-6,9-10H,7-8,11-12H2,1-2H3/p+1. The van der Waals surface area contributed by atoms with Gasteiger partial charge in [-0.3, -0.25) is 14.5 Å². The van der Waals surface area contributed by atoms with E-state index in [9.17, 15) is 18.8 Å². The average molecular weight is 406 g/mol. The summed E-state index contributed by atoms with van der Waals surface area (Å²) >= 11 is 1.53.